The Labute approximate surface area is 171 Å². The molecule has 6 nitrogen and oxygen atoms in total. The van der Waals surface area contributed by atoms with Crippen LogP contribution in [0.2, 0.25) is 0 Å². The lowest BCUT2D eigenvalue weighted by atomic mass is 9.99. The van der Waals surface area contributed by atoms with Gasteiger partial charge in [0, 0.05) is 12.0 Å². The van der Waals surface area contributed by atoms with Gasteiger partial charge in [-0.25, -0.2) is 0 Å². The Hall–Kier alpha value is -2.73. The molecule has 0 saturated carbocycles. The third kappa shape index (κ3) is 3.42. The van der Waals surface area contributed by atoms with Crippen LogP contribution in [0.15, 0.2) is 42.5 Å². The summed E-state index contributed by atoms with van der Waals surface area (Å²) >= 11 is 0. The van der Waals surface area contributed by atoms with E-state index in [0.717, 1.165) is 42.8 Å². The van der Waals surface area contributed by atoms with Gasteiger partial charge in [-0.15, -0.1) is 0 Å². The van der Waals surface area contributed by atoms with Crippen molar-refractivity contribution in [3.05, 3.63) is 48.0 Å². The molecule has 2 heterocycles. The van der Waals surface area contributed by atoms with Crippen LogP contribution in [0.25, 0.3) is 0 Å². The van der Waals surface area contributed by atoms with Crippen molar-refractivity contribution in [3.63, 3.8) is 0 Å². The van der Waals surface area contributed by atoms with E-state index in [4.69, 9.17) is 14.2 Å². The maximum atomic E-state index is 12.0. The summed E-state index contributed by atoms with van der Waals surface area (Å²) in [6, 6.07) is 13.5. The number of benzene rings is 2. The number of hydrogen-bond acceptors (Lipinski definition) is 5. The van der Waals surface area contributed by atoms with Crippen LogP contribution < -0.4 is 19.1 Å². The standard InChI is InChI=1S/C23H29N2O4/c1-27-19-11-9-18(10-12-19)25-22-7-5-4-6-14-24(22)16-23(25,26)17-8-13-20(28-2)21(15-17)29-3/h8-13,15,26H,4-7,14,16H2,1-3H3/q+1/t23-/m0/s1. The maximum absolute atomic E-state index is 12.0. The number of anilines is 1. The van der Waals surface area contributed by atoms with Gasteiger partial charge >= 0.3 is 0 Å². The molecule has 6 heteroatoms. The number of amidine groups is 1. The van der Waals surface area contributed by atoms with E-state index in [2.05, 4.69) is 9.48 Å². The predicted octanol–water partition coefficient (Wildman–Crippen LogP) is 3.36. The lowest BCUT2D eigenvalue weighted by Gasteiger charge is -2.29. The minimum Gasteiger partial charge on any atom is -0.497 e. The summed E-state index contributed by atoms with van der Waals surface area (Å²) in [7, 11) is 4.89. The molecule has 154 valence electrons. The van der Waals surface area contributed by atoms with E-state index in [0.29, 0.717) is 18.0 Å². The van der Waals surface area contributed by atoms with Gasteiger partial charge in [0.25, 0.3) is 11.6 Å². The second kappa shape index (κ2) is 7.95. The number of rotatable bonds is 5. The molecular weight excluding hydrogens is 368 g/mol. The molecular formula is C23H29N2O4+. The van der Waals surface area contributed by atoms with Gasteiger partial charge < -0.3 is 19.3 Å². The largest absolute Gasteiger partial charge is 0.497 e. The van der Waals surface area contributed by atoms with E-state index in [1.165, 1.54) is 12.3 Å². The first-order valence-corrected chi connectivity index (χ1v) is 10.1. The number of nitrogens with zero attached hydrogens (tertiary/aromatic N) is 2. The monoisotopic (exact) mass is 397 g/mol. The highest BCUT2D eigenvalue weighted by atomic mass is 16.5. The lowest BCUT2D eigenvalue weighted by molar-refractivity contribution is -0.534. The molecule has 2 aromatic rings. The zero-order valence-corrected chi connectivity index (χ0v) is 17.4. The molecule has 0 unspecified atom stereocenters. The van der Waals surface area contributed by atoms with Gasteiger partial charge in [0.05, 0.1) is 27.9 Å². The smallest absolute Gasteiger partial charge is 0.275 e. The Morgan fingerprint density at radius 3 is 2.34 bits per heavy atom. The molecule has 0 spiro atoms. The van der Waals surface area contributed by atoms with Gasteiger partial charge in [0.2, 0.25) is 0 Å². The summed E-state index contributed by atoms with van der Waals surface area (Å²) in [5.41, 5.74) is 0.537. The van der Waals surface area contributed by atoms with Crippen LogP contribution in [0.5, 0.6) is 17.2 Å². The van der Waals surface area contributed by atoms with Gasteiger partial charge in [-0.1, -0.05) is 0 Å². The fraction of sp³-hybridized carbons (Fsp3) is 0.435. The average molecular weight is 397 g/mol. The summed E-state index contributed by atoms with van der Waals surface area (Å²) < 4.78 is 18.5. The molecule has 0 bridgehead atoms. The molecule has 0 aromatic heterocycles. The van der Waals surface area contributed by atoms with Crippen LogP contribution in [0.4, 0.5) is 5.69 Å². The second-order valence-electron chi connectivity index (χ2n) is 7.57. The van der Waals surface area contributed by atoms with E-state index < -0.39 is 5.72 Å². The molecule has 29 heavy (non-hydrogen) atoms. The van der Waals surface area contributed by atoms with Crippen molar-refractivity contribution in [1.82, 2.24) is 0 Å². The molecule has 2 aliphatic heterocycles. The highest BCUT2D eigenvalue weighted by Crippen LogP contribution is 2.41. The first-order valence-electron chi connectivity index (χ1n) is 10.1. The van der Waals surface area contributed by atoms with Gasteiger partial charge in [0.15, 0.2) is 18.0 Å². The summed E-state index contributed by atoms with van der Waals surface area (Å²) in [5, 5.41) is 12.0. The van der Waals surface area contributed by atoms with Crippen molar-refractivity contribution in [2.24, 2.45) is 0 Å². The van der Waals surface area contributed by atoms with E-state index in [-0.39, 0.29) is 0 Å². The third-order valence-corrected chi connectivity index (χ3v) is 5.91. The van der Waals surface area contributed by atoms with E-state index in [9.17, 15) is 5.11 Å². The highest BCUT2D eigenvalue weighted by Gasteiger charge is 2.54. The topological polar surface area (TPSA) is 54.2 Å². The molecule has 0 aliphatic carbocycles. The van der Waals surface area contributed by atoms with Crippen molar-refractivity contribution in [2.45, 2.75) is 31.4 Å². The van der Waals surface area contributed by atoms with Crippen LogP contribution in [-0.4, -0.2) is 49.9 Å². The number of hydrogen-bond donors (Lipinski definition) is 1. The fourth-order valence-electron chi connectivity index (χ4n) is 4.42. The Balaban J connectivity index is 1.82. The van der Waals surface area contributed by atoms with Gasteiger partial charge in [-0.05, 0) is 61.7 Å². The molecule has 1 N–H and O–H groups in total. The highest BCUT2D eigenvalue weighted by molar-refractivity contribution is 5.97. The van der Waals surface area contributed by atoms with Crippen molar-refractivity contribution >= 4 is 11.5 Å². The van der Waals surface area contributed by atoms with Crippen LogP contribution in [0, 0.1) is 0 Å². The molecule has 1 atom stereocenters. The summed E-state index contributed by atoms with van der Waals surface area (Å²) in [5.74, 6) is 3.23. The summed E-state index contributed by atoms with van der Waals surface area (Å²) in [4.78, 5) is 2.08. The molecule has 0 radical (unpaired) electrons. The zero-order chi connectivity index (χ0) is 20.4. The number of aliphatic hydroxyl groups is 1. The molecule has 4 rings (SSSR count). The Bertz CT molecular complexity index is 910. The molecule has 0 fully saturated rings. The first-order chi connectivity index (χ1) is 14.1. The van der Waals surface area contributed by atoms with E-state index >= 15 is 0 Å². The van der Waals surface area contributed by atoms with Crippen LogP contribution >= 0.6 is 0 Å². The van der Waals surface area contributed by atoms with Crippen molar-refractivity contribution in [3.8, 4) is 17.2 Å². The van der Waals surface area contributed by atoms with Gasteiger partial charge in [0.1, 0.15) is 11.4 Å². The van der Waals surface area contributed by atoms with E-state index in [1.54, 1.807) is 21.3 Å². The Morgan fingerprint density at radius 1 is 0.897 bits per heavy atom. The number of ether oxygens (including phenoxy) is 3. The average Bonchev–Trinajstić information content (AvgIpc) is 2.89. The van der Waals surface area contributed by atoms with Crippen LogP contribution in [-0.2, 0) is 5.72 Å². The Morgan fingerprint density at radius 2 is 1.66 bits per heavy atom. The van der Waals surface area contributed by atoms with Gasteiger partial charge in [-0.2, -0.15) is 4.90 Å². The molecule has 2 aliphatic rings. The SMILES string of the molecule is COc1ccc(N2C3=[N+](CCCCC3)C[C@]2(O)c2ccc(OC)c(OC)c2)cc1. The number of methoxy groups -OCH3 is 3. The molecule has 2 aromatic carbocycles. The summed E-state index contributed by atoms with van der Waals surface area (Å²) in [6.45, 7) is 1.47. The normalized spacial score (nSPS) is 21.6. The lowest BCUT2D eigenvalue weighted by Crippen LogP contribution is -2.47. The first kappa shape index (κ1) is 19.6. The van der Waals surface area contributed by atoms with Crippen molar-refractivity contribution in [1.29, 1.82) is 0 Å². The minimum atomic E-state index is -1.19. The predicted molar refractivity (Wildman–Crippen MR) is 112 cm³/mol. The second-order valence-corrected chi connectivity index (χ2v) is 7.57. The third-order valence-electron chi connectivity index (χ3n) is 5.91. The van der Waals surface area contributed by atoms with Crippen LogP contribution in [0.3, 0.4) is 0 Å². The molecule has 0 saturated heterocycles. The van der Waals surface area contributed by atoms with E-state index in [1.807, 2.05) is 42.5 Å². The quantitative estimate of drug-likeness (QED) is 0.784. The molecule has 0 amide bonds. The fourth-order valence-corrected chi connectivity index (χ4v) is 4.42. The van der Waals surface area contributed by atoms with Gasteiger partial charge in [-0.3, -0.25) is 4.58 Å². The maximum Gasteiger partial charge on any atom is 0.275 e. The van der Waals surface area contributed by atoms with Crippen molar-refractivity contribution in [2.75, 3.05) is 39.3 Å². The minimum absolute atomic E-state index is 0.518. The zero-order valence-electron chi connectivity index (χ0n) is 17.4. The van der Waals surface area contributed by atoms with Crippen molar-refractivity contribution < 1.29 is 23.9 Å². The van der Waals surface area contributed by atoms with Crippen LogP contribution in [0.1, 0.15) is 31.2 Å². The Kier molecular flexibility index (Phi) is 5.37. The summed E-state index contributed by atoms with van der Waals surface area (Å²) in [6.07, 6.45) is 4.43.